The molecule has 0 aliphatic carbocycles. The number of aryl methyl sites for hydroxylation is 1. The van der Waals surface area contributed by atoms with Gasteiger partial charge in [-0.3, -0.25) is 0 Å². The number of hydrogen-bond acceptors (Lipinski definition) is 5. The van der Waals surface area contributed by atoms with Crippen LogP contribution < -0.4 is 5.73 Å². The zero-order valence-electron chi connectivity index (χ0n) is 10.7. The van der Waals surface area contributed by atoms with Crippen LogP contribution >= 0.6 is 11.8 Å². The van der Waals surface area contributed by atoms with Gasteiger partial charge in [0, 0.05) is 10.6 Å². The van der Waals surface area contributed by atoms with Crippen molar-refractivity contribution in [1.29, 1.82) is 0 Å². The Bertz CT molecular complexity index is 771. The number of halogens is 1. The Kier molecular flexibility index (Phi) is 3.27. The van der Waals surface area contributed by atoms with Gasteiger partial charge in [0.25, 0.3) is 0 Å². The van der Waals surface area contributed by atoms with Gasteiger partial charge in [-0.2, -0.15) is 10.3 Å². The van der Waals surface area contributed by atoms with Crippen LogP contribution in [0.3, 0.4) is 0 Å². The Morgan fingerprint density at radius 3 is 3.00 bits per heavy atom. The number of nitrogens with zero attached hydrogens (tertiary/aromatic N) is 3. The van der Waals surface area contributed by atoms with Gasteiger partial charge in [0.15, 0.2) is 0 Å². The van der Waals surface area contributed by atoms with Crippen LogP contribution in [0.1, 0.15) is 11.1 Å². The number of thioether (sulfide) groups is 1. The Balaban J connectivity index is 1.90. The molecular formula is C13H12FN5S. The lowest BCUT2D eigenvalue weighted by Gasteiger charge is -2.06. The van der Waals surface area contributed by atoms with E-state index < -0.39 is 0 Å². The van der Waals surface area contributed by atoms with Crippen LogP contribution in [-0.2, 0) is 5.75 Å². The standard InChI is InChI=1S/C13H12FN5S/c1-7-2-3-9(14)4-8(7)6-20-10-5-11(15)16-13-12(10)17-19-18-13/h2-5H,6H2,1H3,(H3,15,16,17,18,19). The molecule has 0 spiro atoms. The van der Waals surface area contributed by atoms with Crippen LogP contribution in [0, 0.1) is 12.7 Å². The minimum absolute atomic E-state index is 0.230. The van der Waals surface area contributed by atoms with Crippen LogP contribution in [0.2, 0.25) is 0 Å². The number of pyridine rings is 1. The lowest BCUT2D eigenvalue weighted by atomic mass is 10.1. The minimum Gasteiger partial charge on any atom is -0.384 e. The van der Waals surface area contributed by atoms with Crippen LogP contribution in [0.5, 0.6) is 0 Å². The Morgan fingerprint density at radius 2 is 2.15 bits per heavy atom. The second-order valence-electron chi connectivity index (χ2n) is 4.40. The second-order valence-corrected chi connectivity index (χ2v) is 5.42. The number of nitrogen functional groups attached to an aromatic ring is 1. The third-order valence-corrected chi connectivity index (χ3v) is 4.05. The summed E-state index contributed by atoms with van der Waals surface area (Å²) >= 11 is 1.54. The molecule has 0 fully saturated rings. The smallest absolute Gasteiger partial charge is 0.204 e. The number of aromatic amines is 1. The first-order valence-corrected chi connectivity index (χ1v) is 6.97. The van der Waals surface area contributed by atoms with E-state index in [1.807, 2.05) is 6.92 Å². The van der Waals surface area contributed by atoms with Crippen LogP contribution in [-0.4, -0.2) is 20.4 Å². The highest BCUT2D eigenvalue weighted by molar-refractivity contribution is 7.98. The van der Waals surface area contributed by atoms with Crippen LogP contribution in [0.25, 0.3) is 11.2 Å². The maximum absolute atomic E-state index is 13.3. The Hall–Kier alpha value is -2.15. The minimum atomic E-state index is -0.230. The van der Waals surface area contributed by atoms with Crippen molar-refractivity contribution in [2.24, 2.45) is 0 Å². The molecule has 0 amide bonds. The Labute approximate surface area is 118 Å². The maximum Gasteiger partial charge on any atom is 0.204 e. The summed E-state index contributed by atoms with van der Waals surface area (Å²) < 4.78 is 13.3. The molecule has 2 aromatic heterocycles. The number of nitrogens with one attached hydrogen (secondary N) is 1. The molecule has 0 atom stereocenters. The van der Waals surface area contributed by atoms with Gasteiger partial charge >= 0.3 is 0 Å². The van der Waals surface area contributed by atoms with Gasteiger partial charge in [-0.15, -0.1) is 16.9 Å². The van der Waals surface area contributed by atoms with Gasteiger partial charge in [0.1, 0.15) is 17.2 Å². The third-order valence-electron chi connectivity index (χ3n) is 2.97. The number of aromatic nitrogens is 4. The summed E-state index contributed by atoms with van der Waals surface area (Å²) in [5, 5.41) is 10.5. The largest absolute Gasteiger partial charge is 0.384 e. The topological polar surface area (TPSA) is 80.5 Å². The fourth-order valence-electron chi connectivity index (χ4n) is 1.89. The summed E-state index contributed by atoms with van der Waals surface area (Å²) in [5.41, 5.74) is 8.91. The average Bonchev–Trinajstić information content (AvgIpc) is 2.87. The lowest BCUT2D eigenvalue weighted by molar-refractivity contribution is 0.626. The molecule has 0 radical (unpaired) electrons. The van der Waals surface area contributed by atoms with E-state index in [1.54, 1.807) is 18.2 Å². The first-order valence-electron chi connectivity index (χ1n) is 5.98. The number of nitrogens with two attached hydrogens (primary N) is 1. The summed E-state index contributed by atoms with van der Waals surface area (Å²) in [6.45, 7) is 1.96. The normalized spacial score (nSPS) is 11.1. The highest BCUT2D eigenvalue weighted by Crippen LogP contribution is 2.30. The van der Waals surface area contributed by atoms with Gasteiger partial charge in [0.2, 0.25) is 5.65 Å². The van der Waals surface area contributed by atoms with Crippen molar-refractivity contribution in [2.75, 3.05) is 5.73 Å². The molecular weight excluding hydrogens is 277 g/mol. The molecule has 20 heavy (non-hydrogen) atoms. The van der Waals surface area contributed by atoms with Gasteiger partial charge < -0.3 is 5.73 Å². The highest BCUT2D eigenvalue weighted by Gasteiger charge is 2.10. The maximum atomic E-state index is 13.3. The van der Waals surface area contributed by atoms with E-state index in [4.69, 9.17) is 5.73 Å². The van der Waals surface area contributed by atoms with E-state index in [9.17, 15) is 4.39 Å². The fraction of sp³-hybridized carbons (Fsp3) is 0.154. The van der Waals surface area contributed by atoms with E-state index in [2.05, 4.69) is 20.4 Å². The molecule has 5 nitrogen and oxygen atoms in total. The van der Waals surface area contributed by atoms with Gasteiger partial charge in [-0.1, -0.05) is 6.07 Å². The monoisotopic (exact) mass is 289 g/mol. The molecule has 0 saturated carbocycles. The molecule has 3 N–H and O–H groups in total. The first-order chi connectivity index (χ1) is 9.63. The fourth-order valence-corrected chi connectivity index (χ4v) is 2.99. The molecule has 0 bridgehead atoms. The van der Waals surface area contributed by atoms with E-state index >= 15 is 0 Å². The van der Waals surface area contributed by atoms with Crippen LogP contribution in [0.4, 0.5) is 10.2 Å². The molecule has 0 unspecified atom stereocenters. The zero-order valence-corrected chi connectivity index (χ0v) is 11.5. The molecule has 3 rings (SSSR count). The van der Waals surface area contributed by atoms with E-state index in [0.29, 0.717) is 22.7 Å². The van der Waals surface area contributed by atoms with Crippen molar-refractivity contribution >= 4 is 28.7 Å². The molecule has 3 aromatic rings. The quantitative estimate of drug-likeness (QED) is 0.725. The van der Waals surface area contributed by atoms with E-state index in [1.165, 1.54) is 17.8 Å². The summed E-state index contributed by atoms with van der Waals surface area (Å²) in [6, 6.07) is 6.54. The molecule has 1 aromatic carbocycles. The summed E-state index contributed by atoms with van der Waals surface area (Å²) in [4.78, 5) is 4.96. The van der Waals surface area contributed by atoms with E-state index in [-0.39, 0.29) is 5.82 Å². The third kappa shape index (κ3) is 2.44. The molecule has 102 valence electrons. The van der Waals surface area contributed by atoms with E-state index in [0.717, 1.165) is 16.0 Å². The summed E-state index contributed by atoms with van der Waals surface area (Å²) in [7, 11) is 0. The van der Waals surface area contributed by atoms with Gasteiger partial charge in [-0.25, -0.2) is 9.37 Å². The summed E-state index contributed by atoms with van der Waals surface area (Å²) in [6.07, 6.45) is 0. The summed E-state index contributed by atoms with van der Waals surface area (Å²) in [5.74, 6) is 0.798. The molecule has 7 heteroatoms. The van der Waals surface area contributed by atoms with Crippen molar-refractivity contribution in [2.45, 2.75) is 17.6 Å². The first kappa shape index (κ1) is 12.9. The van der Waals surface area contributed by atoms with Gasteiger partial charge in [-0.05, 0) is 36.2 Å². The molecule has 2 heterocycles. The molecule has 0 saturated heterocycles. The predicted octanol–water partition coefficient (Wildman–Crippen LogP) is 2.67. The van der Waals surface area contributed by atoms with Crippen molar-refractivity contribution in [1.82, 2.24) is 20.4 Å². The van der Waals surface area contributed by atoms with Gasteiger partial charge in [0.05, 0.1) is 0 Å². The average molecular weight is 289 g/mol. The van der Waals surface area contributed by atoms with Crippen molar-refractivity contribution in [3.05, 3.63) is 41.2 Å². The predicted molar refractivity (Wildman–Crippen MR) is 76.8 cm³/mol. The zero-order chi connectivity index (χ0) is 14.1. The van der Waals surface area contributed by atoms with Crippen molar-refractivity contribution in [3.8, 4) is 0 Å². The molecule has 0 aliphatic rings. The van der Waals surface area contributed by atoms with Crippen molar-refractivity contribution in [3.63, 3.8) is 0 Å². The molecule has 0 aliphatic heterocycles. The number of anilines is 1. The number of rotatable bonds is 3. The number of hydrogen-bond donors (Lipinski definition) is 2. The van der Waals surface area contributed by atoms with Crippen molar-refractivity contribution < 1.29 is 4.39 Å². The number of H-pyrrole nitrogens is 1. The second kappa shape index (κ2) is 5.09. The SMILES string of the molecule is Cc1ccc(F)cc1CSc1cc(N)nc2n[nH]nc12. The number of benzene rings is 1. The van der Waals surface area contributed by atoms with Crippen LogP contribution in [0.15, 0.2) is 29.2 Å². The Morgan fingerprint density at radius 1 is 1.30 bits per heavy atom. The number of fused-ring (bicyclic) bond motifs is 1. The highest BCUT2D eigenvalue weighted by atomic mass is 32.2. The lowest BCUT2D eigenvalue weighted by Crippen LogP contribution is -1.93.